The second-order valence-corrected chi connectivity index (χ2v) is 10.6. The van der Waals surface area contributed by atoms with E-state index in [1.54, 1.807) is 24.3 Å². The van der Waals surface area contributed by atoms with Gasteiger partial charge in [0.2, 0.25) is 5.91 Å². The molecule has 4 rings (SSSR count). The molecule has 0 saturated carbocycles. The van der Waals surface area contributed by atoms with E-state index in [4.69, 9.17) is 4.74 Å². The third kappa shape index (κ3) is 6.65. The number of thioether (sulfide) groups is 1. The van der Waals surface area contributed by atoms with Gasteiger partial charge >= 0.3 is 0 Å². The number of ether oxygens (including phenoxy) is 1. The third-order valence-corrected chi connectivity index (χ3v) is 7.19. The molecule has 38 heavy (non-hydrogen) atoms. The minimum atomic E-state index is -0.644. The number of anilines is 1. The number of nitro groups is 1. The molecule has 9 nitrogen and oxygen atoms in total. The molecule has 1 heterocycles. The number of imide groups is 1. The zero-order valence-corrected chi connectivity index (χ0v) is 23.1. The van der Waals surface area contributed by atoms with E-state index < -0.39 is 34.3 Å². The number of nitro benzene ring substituents is 1. The number of hydrogen-bond acceptors (Lipinski definition) is 7. The molecule has 1 aliphatic heterocycles. The molecular formula is C25H16Br2FN3O6S. The van der Waals surface area contributed by atoms with Gasteiger partial charge in [-0.25, -0.2) is 4.39 Å². The average molecular weight is 665 g/mol. The summed E-state index contributed by atoms with van der Waals surface area (Å²) in [6.07, 6.45) is 1.51. The largest absolute Gasteiger partial charge is 0.487 e. The molecule has 0 unspecified atom stereocenters. The summed E-state index contributed by atoms with van der Waals surface area (Å²) in [5, 5.41) is 12.8. The molecule has 1 fully saturated rings. The number of benzene rings is 3. The molecule has 0 aliphatic carbocycles. The van der Waals surface area contributed by atoms with Crippen LogP contribution in [-0.4, -0.2) is 33.4 Å². The van der Waals surface area contributed by atoms with Crippen LogP contribution in [0.2, 0.25) is 0 Å². The molecule has 1 saturated heterocycles. The smallest absolute Gasteiger partial charge is 0.294 e. The Hall–Kier alpha value is -3.55. The van der Waals surface area contributed by atoms with E-state index in [1.807, 2.05) is 0 Å². The second kappa shape index (κ2) is 11.9. The van der Waals surface area contributed by atoms with Gasteiger partial charge in [-0.2, -0.15) is 0 Å². The molecule has 3 aromatic carbocycles. The van der Waals surface area contributed by atoms with Crippen LogP contribution < -0.4 is 10.1 Å². The van der Waals surface area contributed by atoms with E-state index in [9.17, 15) is 28.9 Å². The van der Waals surface area contributed by atoms with Gasteiger partial charge in [-0.1, -0.05) is 18.2 Å². The topological polar surface area (TPSA) is 119 Å². The summed E-state index contributed by atoms with van der Waals surface area (Å²) < 4.78 is 20.2. The SMILES string of the molecule is O=C(CN1C(=O)S/C(=C/c2cc(Br)c(OCc3cccc([N+](=O)[O-])c3)c(Br)c2)C1=O)Nc1cccc(F)c1. The predicted octanol–water partition coefficient (Wildman–Crippen LogP) is 6.51. The van der Waals surface area contributed by atoms with Gasteiger partial charge in [-0.05, 0) is 91.2 Å². The van der Waals surface area contributed by atoms with Crippen molar-refractivity contribution in [1.82, 2.24) is 4.90 Å². The number of carbonyl (C=O) groups excluding carboxylic acids is 3. The number of hydrogen-bond donors (Lipinski definition) is 1. The van der Waals surface area contributed by atoms with E-state index >= 15 is 0 Å². The lowest BCUT2D eigenvalue weighted by Gasteiger charge is -2.13. The van der Waals surface area contributed by atoms with Crippen molar-refractivity contribution in [3.8, 4) is 5.75 Å². The number of carbonyl (C=O) groups is 3. The Morgan fingerprint density at radius 2 is 1.82 bits per heavy atom. The van der Waals surface area contributed by atoms with E-state index in [0.29, 0.717) is 37.6 Å². The third-order valence-electron chi connectivity index (χ3n) is 5.11. The Labute approximate surface area is 236 Å². The van der Waals surface area contributed by atoms with Gasteiger partial charge in [0.1, 0.15) is 24.7 Å². The van der Waals surface area contributed by atoms with Crippen molar-refractivity contribution in [1.29, 1.82) is 0 Å². The Kier molecular flexibility index (Phi) is 8.59. The number of non-ortho nitro benzene ring substituents is 1. The van der Waals surface area contributed by atoms with Crippen LogP contribution in [0.5, 0.6) is 5.75 Å². The fourth-order valence-electron chi connectivity index (χ4n) is 3.41. The molecular weight excluding hydrogens is 649 g/mol. The molecule has 0 radical (unpaired) electrons. The zero-order chi connectivity index (χ0) is 27.4. The minimum absolute atomic E-state index is 0.0417. The van der Waals surface area contributed by atoms with Crippen molar-refractivity contribution < 1.29 is 28.4 Å². The highest BCUT2D eigenvalue weighted by Gasteiger charge is 2.36. The average Bonchev–Trinajstić information content (AvgIpc) is 3.11. The zero-order valence-electron chi connectivity index (χ0n) is 19.2. The first kappa shape index (κ1) is 27.5. The van der Waals surface area contributed by atoms with Gasteiger partial charge in [0, 0.05) is 17.8 Å². The van der Waals surface area contributed by atoms with Crippen LogP contribution in [0.25, 0.3) is 6.08 Å². The van der Waals surface area contributed by atoms with Gasteiger partial charge in [-0.15, -0.1) is 0 Å². The van der Waals surface area contributed by atoms with Crippen LogP contribution >= 0.6 is 43.6 Å². The van der Waals surface area contributed by atoms with E-state index in [-0.39, 0.29) is 22.9 Å². The molecule has 1 aliphatic rings. The van der Waals surface area contributed by atoms with Crippen LogP contribution in [0, 0.1) is 15.9 Å². The van der Waals surface area contributed by atoms with Crippen molar-refractivity contribution in [2.24, 2.45) is 0 Å². The Morgan fingerprint density at radius 3 is 2.50 bits per heavy atom. The van der Waals surface area contributed by atoms with E-state index in [1.165, 1.54) is 36.4 Å². The lowest BCUT2D eigenvalue weighted by atomic mass is 10.2. The first-order valence-corrected chi connectivity index (χ1v) is 13.2. The second-order valence-electron chi connectivity index (χ2n) is 7.86. The number of rotatable bonds is 8. The number of amides is 3. The standard InChI is InChI=1S/C25H16Br2FN3O6S/c26-19-8-15(9-20(27)23(19)37-13-14-3-1-6-18(7-14)31(35)36)10-21-24(33)30(25(34)38-21)12-22(32)29-17-5-2-4-16(28)11-17/h1-11H,12-13H2,(H,29,32)/b21-10+. The van der Waals surface area contributed by atoms with E-state index in [0.717, 1.165) is 11.0 Å². The Morgan fingerprint density at radius 1 is 1.11 bits per heavy atom. The minimum Gasteiger partial charge on any atom is -0.487 e. The summed E-state index contributed by atoms with van der Waals surface area (Å²) in [6, 6.07) is 14.7. The van der Waals surface area contributed by atoms with Crippen LogP contribution in [0.1, 0.15) is 11.1 Å². The summed E-state index contributed by atoms with van der Waals surface area (Å²) in [5.74, 6) is -1.37. The van der Waals surface area contributed by atoms with Crippen molar-refractivity contribution in [3.63, 3.8) is 0 Å². The van der Waals surface area contributed by atoms with Crippen molar-refractivity contribution in [2.45, 2.75) is 6.61 Å². The quantitative estimate of drug-likeness (QED) is 0.166. The van der Waals surface area contributed by atoms with Crippen LogP contribution in [0.4, 0.5) is 20.6 Å². The van der Waals surface area contributed by atoms with Crippen molar-refractivity contribution >= 4 is 78.1 Å². The maximum Gasteiger partial charge on any atom is 0.294 e. The van der Waals surface area contributed by atoms with Crippen molar-refractivity contribution in [2.75, 3.05) is 11.9 Å². The molecule has 13 heteroatoms. The number of nitrogens with zero attached hydrogens (tertiary/aromatic N) is 2. The molecule has 0 bridgehead atoms. The first-order valence-electron chi connectivity index (χ1n) is 10.8. The van der Waals surface area contributed by atoms with Gasteiger partial charge in [0.15, 0.2) is 0 Å². The highest BCUT2D eigenvalue weighted by Crippen LogP contribution is 2.38. The molecule has 3 aromatic rings. The Bertz CT molecular complexity index is 1480. The summed E-state index contributed by atoms with van der Waals surface area (Å²) in [7, 11) is 0. The predicted molar refractivity (Wildman–Crippen MR) is 147 cm³/mol. The lowest BCUT2D eigenvalue weighted by molar-refractivity contribution is -0.384. The fraction of sp³-hybridized carbons (Fsp3) is 0.0800. The van der Waals surface area contributed by atoms with Gasteiger partial charge in [0.25, 0.3) is 16.8 Å². The monoisotopic (exact) mass is 663 g/mol. The summed E-state index contributed by atoms with van der Waals surface area (Å²) in [5.41, 5.74) is 1.35. The normalized spacial score (nSPS) is 14.2. The molecule has 0 aromatic heterocycles. The maximum absolute atomic E-state index is 13.3. The Balaban J connectivity index is 1.44. The summed E-state index contributed by atoms with van der Waals surface area (Å²) in [6.45, 7) is -0.439. The lowest BCUT2D eigenvalue weighted by Crippen LogP contribution is -2.36. The first-order chi connectivity index (χ1) is 18.1. The van der Waals surface area contributed by atoms with Crippen LogP contribution in [0.15, 0.2) is 74.5 Å². The number of halogens is 3. The van der Waals surface area contributed by atoms with E-state index in [2.05, 4.69) is 37.2 Å². The molecule has 0 atom stereocenters. The highest BCUT2D eigenvalue weighted by molar-refractivity contribution is 9.11. The number of nitrogens with one attached hydrogen (secondary N) is 1. The fourth-order valence-corrected chi connectivity index (χ4v) is 5.70. The van der Waals surface area contributed by atoms with Crippen LogP contribution in [-0.2, 0) is 16.2 Å². The van der Waals surface area contributed by atoms with Gasteiger partial charge < -0.3 is 10.1 Å². The highest BCUT2D eigenvalue weighted by atomic mass is 79.9. The molecule has 1 N–H and O–H groups in total. The molecule has 194 valence electrons. The van der Waals surface area contributed by atoms with Gasteiger partial charge in [0.05, 0.1) is 18.8 Å². The molecule has 3 amide bonds. The molecule has 0 spiro atoms. The summed E-state index contributed by atoms with van der Waals surface area (Å²) in [4.78, 5) is 49.0. The maximum atomic E-state index is 13.3. The van der Waals surface area contributed by atoms with Crippen LogP contribution in [0.3, 0.4) is 0 Å². The van der Waals surface area contributed by atoms with Gasteiger partial charge in [-0.3, -0.25) is 29.4 Å². The summed E-state index contributed by atoms with van der Waals surface area (Å²) >= 11 is 7.55. The van der Waals surface area contributed by atoms with Crippen molar-refractivity contribution in [3.05, 3.63) is 102 Å².